The molecule has 2 nitrogen and oxygen atoms in total. The molecule has 1 aliphatic rings. The first-order valence-corrected chi connectivity index (χ1v) is 8.43. The Morgan fingerprint density at radius 3 is 2.77 bits per heavy atom. The molecule has 1 heterocycles. The Balaban J connectivity index is 1.78. The van der Waals surface area contributed by atoms with E-state index < -0.39 is 5.41 Å². The minimum Gasteiger partial charge on any atom is -0.239 e. The molecule has 0 radical (unpaired) electrons. The van der Waals surface area contributed by atoms with E-state index in [2.05, 4.69) is 11.1 Å². The second kappa shape index (κ2) is 4.96. The second-order valence-corrected chi connectivity index (χ2v) is 7.37. The molecule has 3 aromatic rings. The van der Waals surface area contributed by atoms with Crippen LogP contribution in [0, 0.1) is 11.3 Å². The third kappa shape index (κ3) is 2.03. The quantitative estimate of drug-likeness (QED) is 0.610. The van der Waals surface area contributed by atoms with Gasteiger partial charge in [-0.1, -0.05) is 41.4 Å². The van der Waals surface area contributed by atoms with Crippen LogP contribution in [0.3, 0.4) is 0 Å². The van der Waals surface area contributed by atoms with Gasteiger partial charge in [-0.2, -0.15) is 5.26 Å². The van der Waals surface area contributed by atoms with Gasteiger partial charge in [0.15, 0.2) is 0 Å². The number of fused-ring (bicyclic) bond motifs is 1. The zero-order valence-corrected chi connectivity index (χ0v) is 13.7. The van der Waals surface area contributed by atoms with E-state index in [1.807, 2.05) is 36.4 Å². The summed E-state index contributed by atoms with van der Waals surface area (Å²) in [7, 11) is 0. The molecule has 2 atom stereocenters. The van der Waals surface area contributed by atoms with Crippen molar-refractivity contribution in [2.45, 2.75) is 17.8 Å². The molecule has 0 unspecified atom stereocenters. The van der Waals surface area contributed by atoms with E-state index in [4.69, 9.17) is 23.2 Å². The minimum atomic E-state index is -0.554. The van der Waals surface area contributed by atoms with Crippen molar-refractivity contribution < 1.29 is 0 Å². The van der Waals surface area contributed by atoms with E-state index in [0.29, 0.717) is 10.0 Å². The van der Waals surface area contributed by atoms with Crippen LogP contribution in [0.1, 0.15) is 22.9 Å². The van der Waals surface area contributed by atoms with Crippen molar-refractivity contribution in [1.82, 2.24) is 4.98 Å². The molecule has 0 N–H and O–H groups in total. The predicted octanol–water partition coefficient (Wildman–Crippen LogP) is 5.55. The fourth-order valence-electron chi connectivity index (χ4n) is 2.89. The minimum absolute atomic E-state index is 0.0860. The van der Waals surface area contributed by atoms with Crippen molar-refractivity contribution in [2.75, 3.05) is 0 Å². The molecule has 0 aliphatic heterocycles. The molecular weight excluding hydrogens is 335 g/mol. The first kappa shape index (κ1) is 14.0. The van der Waals surface area contributed by atoms with Gasteiger partial charge in [0.05, 0.1) is 16.3 Å². The standard InChI is InChI=1S/C17H10Cl2N2S/c18-10-5-6-11(13(19)7-10)12-8-17(12,9-20)16-21-14-3-1-2-4-15(14)22-16/h1-7,12H,8H2/t12-,17+/m1/s1. The summed E-state index contributed by atoms with van der Waals surface area (Å²) in [4.78, 5) is 4.67. The fourth-order valence-corrected chi connectivity index (χ4v) is 4.60. The lowest BCUT2D eigenvalue weighted by Crippen LogP contribution is -2.06. The van der Waals surface area contributed by atoms with Crippen molar-refractivity contribution in [3.63, 3.8) is 0 Å². The van der Waals surface area contributed by atoms with Crippen molar-refractivity contribution >= 4 is 44.8 Å². The van der Waals surface area contributed by atoms with Crippen LogP contribution in [-0.2, 0) is 5.41 Å². The molecule has 5 heteroatoms. The topological polar surface area (TPSA) is 36.7 Å². The Kier molecular flexibility index (Phi) is 3.16. The lowest BCUT2D eigenvalue weighted by molar-refractivity contribution is 0.846. The molecule has 0 bridgehead atoms. The maximum absolute atomic E-state index is 9.76. The Bertz CT molecular complexity index is 895. The number of aromatic nitrogens is 1. The number of halogens is 2. The number of thiazole rings is 1. The Morgan fingerprint density at radius 1 is 1.23 bits per heavy atom. The third-order valence-electron chi connectivity index (χ3n) is 4.17. The SMILES string of the molecule is N#C[C@@]1(c2nc3ccccc3s2)C[C@@H]1c1ccc(Cl)cc1Cl. The van der Waals surface area contributed by atoms with E-state index in [-0.39, 0.29) is 5.92 Å². The summed E-state index contributed by atoms with van der Waals surface area (Å²) in [6.45, 7) is 0. The number of hydrogen-bond acceptors (Lipinski definition) is 3. The van der Waals surface area contributed by atoms with Crippen molar-refractivity contribution in [2.24, 2.45) is 0 Å². The zero-order chi connectivity index (χ0) is 15.3. The van der Waals surface area contributed by atoms with E-state index in [0.717, 1.165) is 27.2 Å². The number of para-hydroxylation sites is 1. The first-order chi connectivity index (χ1) is 10.6. The van der Waals surface area contributed by atoms with Gasteiger partial charge < -0.3 is 0 Å². The number of hydrogen-bond donors (Lipinski definition) is 0. The Hall–Kier alpha value is -1.60. The van der Waals surface area contributed by atoms with E-state index >= 15 is 0 Å². The molecule has 1 aliphatic carbocycles. The van der Waals surface area contributed by atoms with E-state index in [1.165, 1.54) is 0 Å². The molecule has 2 aromatic carbocycles. The summed E-state index contributed by atoms with van der Waals surface area (Å²) in [6.07, 6.45) is 0.755. The normalized spacial score (nSPS) is 23.4. The number of rotatable bonds is 2. The Morgan fingerprint density at radius 2 is 2.05 bits per heavy atom. The summed E-state index contributed by atoms with van der Waals surface area (Å²) in [5, 5.41) is 11.9. The van der Waals surface area contributed by atoms with E-state index in [9.17, 15) is 5.26 Å². The van der Waals surface area contributed by atoms with Gasteiger partial charge in [-0.05, 0) is 36.2 Å². The van der Waals surface area contributed by atoms with Crippen LogP contribution < -0.4 is 0 Å². The summed E-state index contributed by atoms with van der Waals surface area (Å²) in [5.74, 6) is 0.0860. The van der Waals surface area contributed by atoms with Gasteiger partial charge in [-0.3, -0.25) is 0 Å². The van der Waals surface area contributed by atoms with Crippen molar-refractivity contribution in [3.05, 3.63) is 63.1 Å². The molecule has 4 rings (SSSR count). The zero-order valence-electron chi connectivity index (χ0n) is 11.4. The van der Waals surface area contributed by atoms with Crippen LogP contribution in [0.25, 0.3) is 10.2 Å². The van der Waals surface area contributed by atoms with Gasteiger partial charge in [-0.15, -0.1) is 11.3 Å². The highest BCUT2D eigenvalue weighted by Gasteiger charge is 2.59. The fraction of sp³-hybridized carbons (Fsp3) is 0.176. The number of benzene rings is 2. The van der Waals surface area contributed by atoms with Gasteiger partial charge in [0.1, 0.15) is 10.4 Å². The maximum Gasteiger partial charge on any atom is 0.116 e. The average Bonchev–Trinajstić information content (AvgIpc) is 3.09. The van der Waals surface area contributed by atoms with E-state index in [1.54, 1.807) is 17.4 Å². The largest absolute Gasteiger partial charge is 0.239 e. The highest BCUT2D eigenvalue weighted by molar-refractivity contribution is 7.18. The summed E-state index contributed by atoms with van der Waals surface area (Å²) >= 11 is 13.9. The number of nitrogens with zero attached hydrogens (tertiary/aromatic N) is 2. The van der Waals surface area contributed by atoms with Crippen LogP contribution in [0.4, 0.5) is 0 Å². The molecule has 1 aromatic heterocycles. The van der Waals surface area contributed by atoms with Crippen molar-refractivity contribution in [1.29, 1.82) is 5.26 Å². The molecule has 1 fully saturated rings. The van der Waals surface area contributed by atoms with Gasteiger partial charge in [0.2, 0.25) is 0 Å². The van der Waals surface area contributed by atoms with Gasteiger partial charge in [0.25, 0.3) is 0 Å². The van der Waals surface area contributed by atoms with Gasteiger partial charge in [0, 0.05) is 16.0 Å². The molecule has 1 saturated carbocycles. The molecule has 0 spiro atoms. The van der Waals surface area contributed by atoms with Crippen LogP contribution in [0.2, 0.25) is 10.0 Å². The molecule has 0 saturated heterocycles. The molecule has 108 valence electrons. The van der Waals surface area contributed by atoms with Gasteiger partial charge >= 0.3 is 0 Å². The number of nitriles is 1. The van der Waals surface area contributed by atoms with Gasteiger partial charge in [-0.25, -0.2) is 4.98 Å². The average molecular weight is 345 g/mol. The molecule has 0 amide bonds. The first-order valence-electron chi connectivity index (χ1n) is 6.86. The van der Waals surface area contributed by atoms with Crippen molar-refractivity contribution in [3.8, 4) is 6.07 Å². The van der Waals surface area contributed by atoms with Crippen LogP contribution >= 0.6 is 34.5 Å². The lowest BCUT2D eigenvalue weighted by atomic mass is 10.0. The molecule has 22 heavy (non-hydrogen) atoms. The Labute approximate surface area is 141 Å². The highest BCUT2D eigenvalue weighted by atomic mass is 35.5. The second-order valence-electron chi connectivity index (χ2n) is 5.49. The summed E-state index contributed by atoms with van der Waals surface area (Å²) < 4.78 is 1.11. The molecular formula is C17H10Cl2N2S. The van der Waals surface area contributed by atoms with Crippen LogP contribution in [0.5, 0.6) is 0 Å². The van der Waals surface area contributed by atoms with Crippen LogP contribution in [-0.4, -0.2) is 4.98 Å². The summed E-state index contributed by atoms with van der Waals surface area (Å²) in [5.41, 5.74) is 1.37. The highest BCUT2D eigenvalue weighted by Crippen LogP contribution is 2.62. The lowest BCUT2D eigenvalue weighted by Gasteiger charge is -2.07. The predicted molar refractivity (Wildman–Crippen MR) is 90.7 cm³/mol. The third-order valence-corrected chi connectivity index (χ3v) is 5.95. The van der Waals surface area contributed by atoms with Crippen LogP contribution in [0.15, 0.2) is 42.5 Å². The smallest absolute Gasteiger partial charge is 0.116 e. The monoisotopic (exact) mass is 344 g/mol. The summed E-state index contributed by atoms with van der Waals surface area (Å²) in [6, 6.07) is 15.9. The maximum atomic E-state index is 9.76.